The third-order valence-corrected chi connectivity index (χ3v) is 6.75. The first kappa shape index (κ1) is 19.9. The highest BCUT2D eigenvalue weighted by atomic mass is 32.2. The number of thioether (sulfide) groups is 1. The van der Waals surface area contributed by atoms with Crippen LogP contribution in [0.15, 0.2) is 23.4 Å². The quantitative estimate of drug-likeness (QED) is 0.792. The van der Waals surface area contributed by atoms with Crippen molar-refractivity contribution in [1.29, 1.82) is 0 Å². The van der Waals surface area contributed by atoms with Crippen LogP contribution in [-0.2, 0) is 4.79 Å². The van der Waals surface area contributed by atoms with Crippen molar-refractivity contribution in [2.75, 3.05) is 0 Å². The largest absolute Gasteiger partial charge is 0.352 e. The number of carbonyl (C=O) groups is 1. The Balaban J connectivity index is 1.70. The highest BCUT2D eigenvalue weighted by Crippen LogP contribution is 2.30. The van der Waals surface area contributed by atoms with E-state index >= 15 is 0 Å². The summed E-state index contributed by atoms with van der Waals surface area (Å²) in [6.45, 7) is 10.5. The van der Waals surface area contributed by atoms with Gasteiger partial charge in [0.2, 0.25) is 11.1 Å². The summed E-state index contributed by atoms with van der Waals surface area (Å²) in [6, 6.07) is 6.45. The number of nitrogens with zero attached hydrogens (tertiary/aromatic N) is 4. The molecule has 1 amide bonds. The van der Waals surface area contributed by atoms with Crippen molar-refractivity contribution in [3.05, 3.63) is 29.3 Å². The fraction of sp³-hybridized carbons (Fsp3) is 0.600. The van der Waals surface area contributed by atoms with E-state index in [-0.39, 0.29) is 17.2 Å². The number of nitrogens with one attached hydrogen (secondary N) is 1. The predicted octanol–water partition coefficient (Wildman–Crippen LogP) is 3.70. The summed E-state index contributed by atoms with van der Waals surface area (Å²) in [5, 5.41) is 15.7. The fourth-order valence-electron chi connectivity index (χ4n) is 3.65. The lowest BCUT2D eigenvalue weighted by molar-refractivity contribution is -0.121. The van der Waals surface area contributed by atoms with Crippen LogP contribution in [0.1, 0.15) is 51.2 Å². The lowest BCUT2D eigenvalue weighted by Crippen LogP contribution is -2.46. The van der Waals surface area contributed by atoms with E-state index in [9.17, 15) is 4.79 Å². The number of tetrazole rings is 1. The minimum Gasteiger partial charge on any atom is -0.352 e. The van der Waals surface area contributed by atoms with Gasteiger partial charge in [-0.3, -0.25) is 4.79 Å². The molecule has 0 bridgehead atoms. The van der Waals surface area contributed by atoms with Gasteiger partial charge in [-0.05, 0) is 66.6 Å². The zero-order chi connectivity index (χ0) is 19.6. The van der Waals surface area contributed by atoms with E-state index in [0.717, 1.165) is 23.2 Å². The first-order valence-corrected chi connectivity index (χ1v) is 10.6. The Kier molecular flexibility index (Phi) is 6.19. The second-order valence-electron chi connectivity index (χ2n) is 7.81. The number of benzene rings is 1. The highest BCUT2D eigenvalue weighted by molar-refractivity contribution is 8.00. The van der Waals surface area contributed by atoms with Crippen LogP contribution in [0.2, 0.25) is 0 Å². The van der Waals surface area contributed by atoms with Gasteiger partial charge in [0.25, 0.3) is 0 Å². The molecule has 1 aliphatic carbocycles. The summed E-state index contributed by atoms with van der Waals surface area (Å²) in [6.07, 6.45) is 3.50. The molecule has 6 nitrogen and oxygen atoms in total. The van der Waals surface area contributed by atoms with E-state index in [0.29, 0.717) is 17.0 Å². The predicted molar refractivity (Wildman–Crippen MR) is 108 cm³/mol. The molecule has 0 aliphatic heterocycles. The maximum absolute atomic E-state index is 12.7. The molecule has 3 rings (SSSR count). The highest BCUT2D eigenvalue weighted by Gasteiger charge is 2.30. The third-order valence-electron chi connectivity index (χ3n) is 5.72. The summed E-state index contributed by atoms with van der Waals surface area (Å²) in [4.78, 5) is 12.7. The van der Waals surface area contributed by atoms with Crippen molar-refractivity contribution in [1.82, 2.24) is 25.5 Å². The number of carbonyl (C=O) groups excluding carboxylic acids is 1. The van der Waals surface area contributed by atoms with E-state index in [1.807, 2.05) is 20.8 Å². The molecular weight excluding hydrogens is 358 g/mol. The molecule has 1 N–H and O–H groups in total. The number of amides is 1. The van der Waals surface area contributed by atoms with Crippen LogP contribution in [-0.4, -0.2) is 37.4 Å². The van der Waals surface area contributed by atoms with Crippen LogP contribution < -0.4 is 5.32 Å². The first-order chi connectivity index (χ1) is 12.9. The summed E-state index contributed by atoms with van der Waals surface area (Å²) < 4.78 is 1.72. The molecule has 2 aromatic rings. The molecular formula is C20H29N5OS. The van der Waals surface area contributed by atoms with E-state index in [2.05, 4.69) is 52.9 Å². The third kappa shape index (κ3) is 4.51. The minimum atomic E-state index is -0.260. The van der Waals surface area contributed by atoms with Gasteiger partial charge < -0.3 is 5.32 Å². The lowest BCUT2D eigenvalue weighted by atomic mass is 9.78. The molecule has 0 saturated heterocycles. The molecule has 1 aliphatic rings. The Labute approximate surface area is 165 Å². The maximum Gasteiger partial charge on any atom is 0.233 e. The summed E-state index contributed by atoms with van der Waals surface area (Å²) in [5.41, 5.74) is 3.19. The van der Waals surface area contributed by atoms with E-state index in [1.165, 1.54) is 24.6 Å². The van der Waals surface area contributed by atoms with E-state index in [4.69, 9.17) is 0 Å². The van der Waals surface area contributed by atoms with Crippen LogP contribution >= 0.6 is 11.8 Å². The SMILES string of the molecule is Cc1ccc(C)c(-n2nnnc2S[C@H](C)C(=O)N[C@@H]2CCC[C@H](C)[C@@H]2C)c1. The molecule has 0 unspecified atom stereocenters. The van der Waals surface area contributed by atoms with Gasteiger partial charge in [0.15, 0.2) is 0 Å². The number of hydrogen-bond donors (Lipinski definition) is 1. The molecule has 1 aromatic heterocycles. The standard InChI is InChI=1S/C20H29N5OS/c1-12-9-10-14(3)18(11-12)25-20(22-23-24-25)27-16(5)19(26)21-17-8-6-7-13(2)15(17)4/h9-11,13,15-17H,6-8H2,1-5H3,(H,21,26)/t13-,15-,16+,17+/m0/s1. The fourth-order valence-corrected chi connectivity index (χ4v) is 4.46. The molecule has 27 heavy (non-hydrogen) atoms. The molecule has 1 aromatic carbocycles. The maximum atomic E-state index is 12.7. The van der Waals surface area contributed by atoms with Crippen molar-refractivity contribution < 1.29 is 4.79 Å². The van der Waals surface area contributed by atoms with Crippen molar-refractivity contribution in [3.63, 3.8) is 0 Å². The van der Waals surface area contributed by atoms with Crippen LogP contribution in [0.25, 0.3) is 5.69 Å². The minimum absolute atomic E-state index is 0.0569. The topological polar surface area (TPSA) is 72.7 Å². The van der Waals surface area contributed by atoms with Crippen molar-refractivity contribution in [3.8, 4) is 5.69 Å². The van der Waals surface area contributed by atoms with Gasteiger partial charge >= 0.3 is 0 Å². The number of hydrogen-bond acceptors (Lipinski definition) is 5. The van der Waals surface area contributed by atoms with Gasteiger partial charge in [-0.1, -0.05) is 50.6 Å². The average molecular weight is 388 g/mol. The van der Waals surface area contributed by atoms with Crippen molar-refractivity contribution in [2.24, 2.45) is 11.8 Å². The van der Waals surface area contributed by atoms with Crippen LogP contribution in [0.4, 0.5) is 0 Å². The van der Waals surface area contributed by atoms with Crippen molar-refractivity contribution >= 4 is 17.7 Å². The Morgan fingerprint density at radius 1 is 1.30 bits per heavy atom. The summed E-state index contributed by atoms with van der Waals surface area (Å²) in [5.74, 6) is 1.23. The zero-order valence-electron chi connectivity index (χ0n) is 16.8. The normalized spacial score (nSPS) is 23.8. The Morgan fingerprint density at radius 3 is 2.85 bits per heavy atom. The molecule has 0 radical (unpaired) electrons. The molecule has 7 heteroatoms. The van der Waals surface area contributed by atoms with E-state index in [1.54, 1.807) is 4.68 Å². The summed E-state index contributed by atoms with van der Waals surface area (Å²) in [7, 11) is 0. The molecule has 1 heterocycles. The van der Waals surface area contributed by atoms with Gasteiger partial charge in [-0.15, -0.1) is 5.10 Å². The number of rotatable bonds is 5. The smallest absolute Gasteiger partial charge is 0.233 e. The zero-order valence-corrected chi connectivity index (χ0v) is 17.6. The van der Waals surface area contributed by atoms with Crippen LogP contribution in [0, 0.1) is 25.7 Å². The monoisotopic (exact) mass is 387 g/mol. The van der Waals surface area contributed by atoms with Gasteiger partial charge in [0.1, 0.15) is 0 Å². The van der Waals surface area contributed by atoms with E-state index < -0.39 is 0 Å². The Hall–Kier alpha value is -1.89. The molecule has 146 valence electrons. The Bertz CT molecular complexity index is 805. The van der Waals surface area contributed by atoms with Crippen LogP contribution in [0.3, 0.4) is 0 Å². The second-order valence-corrected chi connectivity index (χ2v) is 9.11. The first-order valence-electron chi connectivity index (χ1n) is 9.70. The van der Waals surface area contributed by atoms with Gasteiger partial charge in [0.05, 0.1) is 10.9 Å². The van der Waals surface area contributed by atoms with Gasteiger partial charge in [0, 0.05) is 6.04 Å². The summed E-state index contributed by atoms with van der Waals surface area (Å²) >= 11 is 1.40. The Morgan fingerprint density at radius 2 is 2.07 bits per heavy atom. The van der Waals surface area contributed by atoms with Gasteiger partial charge in [-0.25, -0.2) is 0 Å². The number of aryl methyl sites for hydroxylation is 2. The second kappa shape index (κ2) is 8.42. The average Bonchev–Trinajstić information content (AvgIpc) is 3.08. The lowest BCUT2D eigenvalue weighted by Gasteiger charge is -2.35. The van der Waals surface area contributed by atoms with Crippen molar-refractivity contribution in [2.45, 2.75) is 70.3 Å². The molecule has 1 fully saturated rings. The van der Waals surface area contributed by atoms with Crippen LogP contribution in [0.5, 0.6) is 0 Å². The molecule has 4 atom stereocenters. The molecule has 1 saturated carbocycles. The number of aromatic nitrogens is 4. The van der Waals surface area contributed by atoms with Gasteiger partial charge in [-0.2, -0.15) is 4.68 Å². The molecule has 0 spiro atoms.